The van der Waals surface area contributed by atoms with Crippen LogP contribution in [0, 0.1) is 37.3 Å². The molecular weight excluding hydrogens is 939 g/mol. The Bertz CT molecular complexity index is 3200. The largest absolute Gasteiger partial charge is 0.326 e. The van der Waals surface area contributed by atoms with E-state index in [1.165, 1.54) is 59.3 Å². The first-order valence-electron chi connectivity index (χ1n) is 25.1. The summed E-state index contributed by atoms with van der Waals surface area (Å²) in [6, 6.07) is 37.2. The van der Waals surface area contributed by atoms with E-state index >= 15 is 0 Å². The average Bonchev–Trinajstić information content (AvgIpc) is 4.35. The zero-order valence-electron chi connectivity index (χ0n) is 41.5. The third kappa shape index (κ3) is 12.2. The van der Waals surface area contributed by atoms with Gasteiger partial charge in [-0.3, -0.25) is 19.2 Å². The highest BCUT2D eigenvalue weighted by molar-refractivity contribution is 6.04. The first-order valence-corrected chi connectivity index (χ1v) is 25.1. The van der Waals surface area contributed by atoms with E-state index in [9.17, 15) is 28.0 Å². The SMILES string of the molecule is Cc1cc(C(=O)Nc2cc(C(CCC3CC3)n3ccccc3=O)ccc2F)n(-c2cccc(CN)c2)n1.Cc1cc(C(=O)Nc2cc(C(CCC3CC3)n3ccccc3=O)ccc2F)n(-c2cccc(CN)c2)n1. The summed E-state index contributed by atoms with van der Waals surface area (Å²) in [6.45, 7) is 4.31. The molecule has 0 spiro atoms. The second-order valence-electron chi connectivity index (χ2n) is 19.3. The van der Waals surface area contributed by atoms with Gasteiger partial charge in [0.1, 0.15) is 23.0 Å². The highest BCUT2D eigenvalue weighted by atomic mass is 19.1. The predicted molar refractivity (Wildman–Crippen MR) is 283 cm³/mol. The Morgan fingerprint density at radius 1 is 0.568 bits per heavy atom. The molecule has 2 aliphatic carbocycles. The molecule has 16 heteroatoms. The average molecular weight is 999 g/mol. The van der Waals surface area contributed by atoms with Crippen LogP contribution >= 0.6 is 0 Å². The second kappa shape index (κ2) is 22.8. The molecule has 14 nitrogen and oxygen atoms in total. The molecule has 4 aromatic heterocycles. The van der Waals surface area contributed by atoms with Crippen molar-refractivity contribution in [1.29, 1.82) is 0 Å². The van der Waals surface area contributed by atoms with Crippen LogP contribution in [0.4, 0.5) is 20.2 Å². The minimum atomic E-state index is -0.550. The Morgan fingerprint density at radius 3 is 1.36 bits per heavy atom. The monoisotopic (exact) mass is 998 g/mol. The summed E-state index contributed by atoms with van der Waals surface area (Å²) < 4.78 is 36.3. The molecule has 2 aliphatic rings. The number of rotatable bonds is 18. The molecule has 6 N–H and O–H groups in total. The van der Waals surface area contributed by atoms with Crippen LogP contribution in [-0.2, 0) is 13.1 Å². The van der Waals surface area contributed by atoms with Gasteiger partial charge in [-0.15, -0.1) is 0 Å². The van der Waals surface area contributed by atoms with Crippen molar-refractivity contribution in [2.75, 3.05) is 10.6 Å². The zero-order chi connectivity index (χ0) is 51.9. The van der Waals surface area contributed by atoms with Crippen LogP contribution in [0.2, 0.25) is 0 Å². The summed E-state index contributed by atoms with van der Waals surface area (Å²) in [7, 11) is 0. The van der Waals surface area contributed by atoms with E-state index < -0.39 is 23.4 Å². The minimum absolute atomic E-state index is 0.0593. The molecule has 2 fully saturated rings. The van der Waals surface area contributed by atoms with Crippen molar-refractivity contribution in [1.82, 2.24) is 28.7 Å². The minimum Gasteiger partial charge on any atom is -0.326 e. The molecule has 2 amide bonds. The number of amides is 2. The number of hydrogen-bond acceptors (Lipinski definition) is 8. The van der Waals surface area contributed by atoms with Crippen molar-refractivity contribution in [2.24, 2.45) is 23.3 Å². The van der Waals surface area contributed by atoms with E-state index in [0.29, 0.717) is 47.7 Å². The Morgan fingerprint density at radius 2 is 0.986 bits per heavy atom. The number of aromatic nitrogens is 6. The number of benzene rings is 4. The molecule has 4 aromatic carbocycles. The van der Waals surface area contributed by atoms with E-state index in [1.54, 1.807) is 83.9 Å². The van der Waals surface area contributed by atoms with E-state index in [1.807, 2.05) is 60.7 Å². The first kappa shape index (κ1) is 50.8. The van der Waals surface area contributed by atoms with Gasteiger partial charge < -0.3 is 31.2 Å². The first-order chi connectivity index (χ1) is 35.8. The predicted octanol–water partition coefficient (Wildman–Crippen LogP) is 9.94. The van der Waals surface area contributed by atoms with Gasteiger partial charge in [-0.25, -0.2) is 18.1 Å². The summed E-state index contributed by atoms with van der Waals surface area (Å²) in [6.07, 6.45) is 11.9. The van der Waals surface area contributed by atoms with Crippen molar-refractivity contribution in [2.45, 2.75) is 90.4 Å². The Labute approximate surface area is 427 Å². The Kier molecular flexibility index (Phi) is 15.6. The molecule has 8 aromatic rings. The maximum Gasteiger partial charge on any atom is 0.274 e. The van der Waals surface area contributed by atoms with Crippen molar-refractivity contribution in [3.63, 3.8) is 0 Å². The fourth-order valence-electron chi connectivity index (χ4n) is 9.34. The van der Waals surface area contributed by atoms with Gasteiger partial charge in [-0.05, 0) is 146 Å². The van der Waals surface area contributed by atoms with Gasteiger partial charge in [-0.2, -0.15) is 10.2 Å². The summed E-state index contributed by atoms with van der Waals surface area (Å²) >= 11 is 0. The number of nitrogens with two attached hydrogens (primary N) is 2. The normalized spacial score (nSPS) is 13.9. The maximum atomic E-state index is 14.9. The van der Waals surface area contributed by atoms with Crippen LogP contribution in [0.1, 0.15) is 118 Å². The molecule has 2 atom stereocenters. The van der Waals surface area contributed by atoms with Gasteiger partial charge in [0.25, 0.3) is 22.9 Å². The Hall–Kier alpha value is -8.08. The van der Waals surface area contributed by atoms with E-state index in [4.69, 9.17) is 11.5 Å². The summed E-state index contributed by atoms with van der Waals surface area (Å²) in [4.78, 5) is 51.9. The van der Waals surface area contributed by atoms with Gasteiger partial charge in [0, 0.05) is 37.6 Å². The number of halogens is 2. The molecule has 0 aliphatic heterocycles. The van der Waals surface area contributed by atoms with E-state index in [-0.39, 0.29) is 46.0 Å². The highest BCUT2D eigenvalue weighted by Gasteiger charge is 2.27. The number of pyridine rings is 2. The number of anilines is 2. The number of carbonyl (C=O) groups excluding carboxylic acids is 2. The third-order valence-corrected chi connectivity index (χ3v) is 13.6. The van der Waals surface area contributed by atoms with Crippen LogP contribution in [0.3, 0.4) is 0 Å². The number of nitrogens with one attached hydrogen (secondary N) is 2. The van der Waals surface area contributed by atoms with Crippen molar-refractivity contribution < 1.29 is 18.4 Å². The lowest BCUT2D eigenvalue weighted by Gasteiger charge is -2.21. The molecule has 74 heavy (non-hydrogen) atoms. The van der Waals surface area contributed by atoms with Crippen LogP contribution in [0.25, 0.3) is 11.4 Å². The van der Waals surface area contributed by atoms with E-state index in [2.05, 4.69) is 20.8 Å². The molecule has 0 saturated heterocycles. The lowest BCUT2D eigenvalue weighted by atomic mass is 9.99. The topological polar surface area (TPSA) is 190 Å². The highest BCUT2D eigenvalue weighted by Crippen LogP contribution is 2.39. The van der Waals surface area contributed by atoms with Gasteiger partial charge in [0.05, 0.1) is 46.2 Å². The van der Waals surface area contributed by atoms with Crippen LogP contribution in [0.5, 0.6) is 0 Å². The quantitative estimate of drug-likeness (QED) is 0.0653. The van der Waals surface area contributed by atoms with Gasteiger partial charge in [0.2, 0.25) is 0 Å². The molecule has 4 heterocycles. The molecule has 10 rings (SSSR count). The van der Waals surface area contributed by atoms with Crippen molar-refractivity contribution in [3.05, 3.63) is 223 Å². The standard InChI is InChI=1S/2C29H30FN5O2/c2*1-19-15-27(35(33-19)23-6-4-5-21(16-23)18-31)29(37)32-25-17-22(11-12-24(25)30)26(13-10-20-8-9-20)34-14-3-2-7-28(34)36/h2*2-7,11-12,14-17,20,26H,8-10,13,18,31H2,1H3,(H,32,37). The number of aryl methyl sites for hydroxylation is 2. The number of nitrogens with zero attached hydrogens (tertiary/aromatic N) is 6. The second-order valence-corrected chi connectivity index (χ2v) is 19.3. The van der Waals surface area contributed by atoms with Gasteiger partial charge in [-0.1, -0.05) is 74.2 Å². The fourth-order valence-corrected chi connectivity index (χ4v) is 9.34. The molecule has 0 radical (unpaired) electrons. The number of hydrogen-bond donors (Lipinski definition) is 4. The summed E-state index contributed by atoms with van der Waals surface area (Å²) in [5.41, 5.74) is 18.1. The Balaban J connectivity index is 0.000000182. The van der Waals surface area contributed by atoms with Crippen LogP contribution in [0.15, 0.2) is 155 Å². The molecule has 2 saturated carbocycles. The number of carbonyl (C=O) groups is 2. The maximum absolute atomic E-state index is 14.9. The lowest BCUT2D eigenvalue weighted by molar-refractivity contribution is 0.101. The smallest absolute Gasteiger partial charge is 0.274 e. The zero-order valence-corrected chi connectivity index (χ0v) is 41.5. The molecule has 0 bridgehead atoms. The van der Waals surface area contributed by atoms with Crippen LogP contribution < -0.4 is 33.2 Å². The third-order valence-electron chi connectivity index (χ3n) is 13.6. The summed E-state index contributed by atoms with van der Waals surface area (Å²) in [5, 5.41) is 14.4. The fraction of sp³-hybridized carbons (Fsp3) is 0.276. The lowest BCUT2D eigenvalue weighted by Crippen LogP contribution is -2.24. The molecule has 2 unspecified atom stereocenters. The van der Waals surface area contributed by atoms with Gasteiger partial charge >= 0.3 is 0 Å². The van der Waals surface area contributed by atoms with Crippen molar-refractivity contribution in [3.8, 4) is 11.4 Å². The summed E-state index contributed by atoms with van der Waals surface area (Å²) in [5.74, 6) is -0.703. The molecule has 380 valence electrons. The van der Waals surface area contributed by atoms with Crippen LogP contribution in [-0.4, -0.2) is 40.5 Å². The van der Waals surface area contributed by atoms with E-state index in [0.717, 1.165) is 47.9 Å². The molecular formula is C58H60F2N10O4. The van der Waals surface area contributed by atoms with Crippen molar-refractivity contribution >= 4 is 23.2 Å². The van der Waals surface area contributed by atoms with Gasteiger partial charge in [0.15, 0.2) is 0 Å².